The number of rotatable bonds is 4. The Morgan fingerprint density at radius 1 is 1.24 bits per heavy atom. The maximum Gasteiger partial charge on any atom is 0.206 e. The molecule has 0 bridgehead atoms. The van der Waals surface area contributed by atoms with Crippen LogP contribution in [-0.2, 0) is 13.6 Å². The topological polar surface area (TPSA) is 42.7 Å². The summed E-state index contributed by atoms with van der Waals surface area (Å²) in [6.07, 6.45) is 0. The van der Waals surface area contributed by atoms with Crippen molar-refractivity contribution in [3.05, 3.63) is 40.5 Å². The van der Waals surface area contributed by atoms with Gasteiger partial charge in [-0.05, 0) is 18.6 Å². The summed E-state index contributed by atoms with van der Waals surface area (Å²) in [6, 6.07) is 8.51. The first-order valence-corrected chi connectivity index (χ1v) is 7.99. The molecule has 4 nitrogen and oxygen atoms in total. The highest BCUT2D eigenvalue weighted by Crippen LogP contribution is 2.26. The maximum absolute atomic E-state index is 4.21. The fourth-order valence-electron chi connectivity index (χ4n) is 2.59. The van der Waals surface area contributed by atoms with E-state index in [2.05, 4.69) is 72.2 Å². The van der Waals surface area contributed by atoms with Crippen LogP contribution in [0.1, 0.15) is 36.0 Å². The van der Waals surface area contributed by atoms with Crippen molar-refractivity contribution < 1.29 is 0 Å². The predicted octanol–water partition coefficient (Wildman–Crippen LogP) is 4.07. The Balaban J connectivity index is 1.84. The van der Waals surface area contributed by atoms with E-state index in [9.17, 15) is 0 Å². The summed E-state index contributed by atoms with van der Waals surface area (Å²) in [7, 11) is 2.12. The lowest BCUT2D eigenvalue weighted by atomic mass is 10.1. The summed E-state index contributed by atoms with van der Waals surface area (Å²) in [6.45, 7) is 7.22. The highest BCUT2D eigenvalue weighted by molar-refractivity contribution is 7.15. The summed E-state index contributed by atoms with van der Waals surface area (Å²) in [5, 5.41) is 15.1. The first kappa shape index (κ1) is 14.1. The van der Waals surface area contributed by atoms with Crippen LogP contribution in [0.4, 0.5) is 5.13 Å². The van der Waals surface area contributed by atoms with E-state index in [1.54, 1.807) is 11.3 Å². The van der Waals surface area contributed by atoms with Gasteiger partial charge in [0.2, 0.25) is 5.13 Å². The number of hydrogen-bond acceptors (Lipinski definition) is 4. The number of nitrogens with zero attached hydrogens (tertiary/aromatic N) is 3. The number of para-hydroxylation sites is 1. The molecule has 21 heavy (non-hydrogen) atoms. The SMILES string of the molecule is Cc1c(CNc2nnc(C(C)C)s2)n(C)c2ccccc12. The summed E-state index contributed by atoms with van der Waals surface area (Å²) < 4.78 is 2.25. The number of aromatic nitrogens is 3. The van der Waals surface area contributed by atoms with Gasteiger partial charge in [0.1, 0.15) is 5.01 Å². The molecule has 0 unspecified atom stereocenters. The molecule has 0 aliphatic heterocycles. The zero-order valence-electron chi connectivity index (χ0n) is 12.8. The van der Waals surface area contributed by atoms with E-state index in [-0.39, 0.29) is 0 Å². The second-order valence-corrected chi connectivity index (χ2v) is 6.61. The monoisotopic (exact) mass is 300 g/mol. The molecule has 0 aliphatic carbocycles. The van der Waals surface area contributed by atoms with E-state index in [4.69, 9.17) is 0 Å². The molecule has 0 amide bonds. The van der Waals surface area contributed by atoms with Gasteiger partial charge in [-0.1, -0.05) is 43.4 Å². The molecule has 0 spiro atoms. The lowest BCUT2D eigenvalue weighted by molar-refractivity contribution is 0.822. The second kappa shape index (κ2) is 5.48. The Bertz CT molecular complexity index is 731. The smallest absolute Gasteiger partial charge is 0.206 e. The second-order valence-electron chi connectivity index (χ2n) is 5.60. The third kappa shape index (κ3) is 2.53. The molecule has 2 aromatic heterocycles. The number of nitrogens with one attached hydrogen (secondary N) is 1. The van der Waals surface area contributed by atoms with Gasteiger partial charge in [0.05, 0.1) is 6.54 Å². The maximum atomic E-state index is 4.21. The van der Waals surface area contributed by atoms with Crippen LogP contribution in [0.5, 0.6) is 0 Å². The van der Waals surface area contributed by atoms with E-state index in [0.29, 0.717) is 5.92 Å². The third-order valence-electron chi connectivity index (χ3n) is 3.85. The molecule has 0 radical (unpaired) electrons. The fraction of sp³-hybridized carbons (Fsp3) is 0.375. The van der Waals surface area contributed by atoms with Gasteiger partial charge in [-0.15, -0.1) is 10.2 Å². The van der Waals surface area contributed by atoms with Gasteiger partial charge in [0.25, 0.3) is 0 Å². The van der Waals surface area contributed by atoms with Crippen molar-refractivity contribution in [1.82, 2.24) is 14.8 Å². The first-order valence-electron chi connectivity index (χ1n) is 7.18. The molecular weight excluding hydrogens is 280 g/mol. The highest BCUT2D eigenvalue weighted by Gasteiger charge is 2.12. The normalized spacial score (nSPS) is 11.5. The van der Waals surface area contributed by atoms with Gasteiger partial charge < -0.3 is 9.88 Å². The number of hydrogen-bond donors (Lipinski definition) is 1. The Morgan fingerprint density at radius 3 is 2.67 bits per heavy atom. The van der Waals surface area contributed by atoms with Crippen molar-refractivity contribution in [2.45, 2.75) is 33.2 Å². The summed E-state index contributed by atoms with van der Waals surface area (Å²) >= 11 is 1.64. The standard InChI is InChI=1S/C16H20N4S/c1-10(2)15-18-19-16(21-15)17-9-14-11(3)12-7-5-6-8-13(12)20(14)4/h5-8,10H,9H2,1-4H3,(H,17,19). The van der Waals surface area contributed by atoms with Gasteiger partial charge in [0.15, 0.2) is 0 Å². The van der Waals surface area contributed by atoms with Crippen molar-refractivity contribution in [2.75, 3.05) is 5.32 Å². The van der Waals surface area contributed by atoms with Gasteiger partial charge in [-0.25, -0.2) is 0 Å². The number of fused-ring (bicyclic) bond motifs is 1. The first-order chi connectivity index (χ1) is 10.1. The lowest BCUT2D eigenvalue weighted by Crippen LogP contribution is -2.05. The molecular formula is C16H20N4S. The van der Waals surface area contributed by atoms with Crippen molar-refractivity contribution in [1.29, 1.82) is 0 Å². The zero-order valence-corrected chi connectivity index (χ0v) is 13.7. The molecule has 110 valence electrons. The molecule has 1 aromatic carbocycles. The van der Waals surface area contributed by atoms with Crippen LogP contribution >= 0.6 is 11.3 Å². The summed E-state index contributed by atoms with van der Waals surface area (Å²) in [5.41, 5.74) is 3.89. The van der Waals surface area contributed by atoms with Crippen molar-refractivity contribution in [3.8, 4) is 0 Å². The molecule has 3 aromatic rings. The van der Waals surface area contributed by atoms with E-state index >= 15 is 0 Å². The quantitative estimate of drug-likeness (QED) is 0.789. The van der Waals surface area contributed by atoms with Crippen LogP contribution < -0.4 is 5.32 Å². The van der Waals surface area contributed by atoms with Gasteiger partial charge in [-0.2, -0.15) is 0 Å². The van der Waals surface area contributed by atoms with Crippen LogP contribution in [0.2, 0.25) is 0 Å². The molecule has 2 heterocycles. The molecule has 3 rings (SSSR count). The molecule has 0 fully saturated rings. The summed E-state index contributed by atoms with van der Waals surface area (Å²) in [4.78, 5) is 0. The van der Waals surface area contributed by atoms with E-state index < -0.39 is 0 Å². The van der Waals surface area contributed by atoms with Gasteiger partial charge >= 0.3 is 0 Å². The van der Waals surface area contributed by atoms with Crippen LogP contribution in [-0.4, -0.2) is 14.8 Å². The molecule has 0 atom stereocenters. The summed E-state index contributed by atoms with van der Waals surface area (Å²) in [5.74, 6) is 0.428. The Labute approximate surface area is 128 Å². The van der Waals surface area contributed by atoms with Crippen molar-refractivity contribution >= 4 is 27.4 Å². The third-order valence-corrected chi connectivity index (χ3v) is 5.03. The van der Waals surface area contributed by atoms with Crippen LogP contribution in [0.3, 0.4) is 0 Å². The van der Waals surface area contributed by atoms with E-state index in [0.717, 1.165) is 16.7 Å². The van der Waals surface area contributed by atoms with Crippen LogP contribution in [0.25, 0.3) is 10.9 Å². The number of benzene rings is 1. The van der Waals surface area contributed by atoms with Gasteiger partial charge in [0, 0.05) is 29.6 Å². The average molecular weight is 300 g/mol. The average Bonchev–Trinajstić information content (AvgIpc) is 3.03. The lowest BCUT2D eigenvalue weighted by Gasteiger charge is -2.06. The zero-order chi connectivity index (χ0) is 15.0. The van der Waals surface area contributed by atoms with Gasteiger partial charge in [-0.3, -0.25) is 0 Å². The number of aryl methyl sites for hydroxylation is 2. The molecule has 0 saturated carbocycles. The minimum atomic E-state index is 0.428. The van der Waals surface area contributed by atoms with E-state index in [1.165, 1.54) is 22.2 Å². The minimum absolute atomic E-state index is 0.428. The Morgan fingerprint density at radius 2 is 2.00 bits per heavy atom. The van der Waals surface area contributed by atoms with E-state index in [1.807, 2.05) is 0 Å². The van der Waals surface area contributed by atoms with Crippen LogP contribution in [0.15, 0.2) is 24.3 Å². The minimum Gasteiger partial charge on any atom is -0.354 e. The Kier molecular flexibility index (Phi) is 3.68. The highest BCUT2D eigenvalue weighted by atomic mass is 32.1. The van der Waals surface area contributed by atoms with Crippen molar-refractivity contribution in [2.24, 2.45) is 7.05 Å². The van der Waals surface area contributed by atoms with Crippen LogP contribution in [0, 0.1) is 6.92 Å². The fourth-order valence-corrected chi connectivity index (χ4v) is 3.33. The number of anilines is 1. The molecule has 0 saturated heterocycles. The predicted molar refractivity (Wildman–Crippen MR) is 89.0 cm³/mol. The van der Waals surface area contributed by atoms with Crippen molar-refractivity contribution in [3.63, 3.8) is 0 Å². The molecule has 0 aliphatic rings. The Hall–Kier alpha value is -1.88. The largest absolute Gasteiger partial charge is 0.354 e. The molecule has 5 heteroatoms. The molecule has 1 N–H and O–H groups in total.